The van der Waals surface area contributed by atoms with E-state index in [1.165, 1.54) is 5.56 Å². The number of methoxy groups -OCH3 is 1. The van der Waals surface area contributed by atoms with Crippen molar-refractivity contribution >= 4 is 33.9 Å². The lowest BCUT2D eigenvalue weighted by molar-refractivity contribution is 0.415. The summed E-state index contributed by atoms with van der Waals surface area (Å²) >= 11 is 6.26. The lowest BCUT2D eigenvalue weighted by Crippen LogP contribution is -2.26. The van der Waals surface area contributed by atoms with Gasteiger partial charge in [0.15, 0.2) is 5.69 Å². The van der Waals surface area contributed by atoms with Crippen molar-refractivity contribution in [3.8, 4) is 5.75 Å². The summed E-state index contributed by atoms with van der Waals surface area (Å²) in [5.41, 5.74) is 5.92. The van der Waals surface area contributed by atoms with Crippen molar-refractivity contribution in [2.45, 2.75) is 26.9 Å². The van der Waals surface area contributed by atoms with Crippen molar-refractivity contribution in [2.75, 3.05) is 19.0 Å². The van der Waals surface area contributed by atoms with Gasteiger partial charge in [-0.25, -0.2) is 4.85 Å². The van der Waals surface area contributed by atoms with Gasteiger partial charge in [-0.15, -0.1) is 0 Å². The molecule has 0 spiro atoms. The molecule has 0 radical (unpaired) electrons. The van der Waals surface area contributed by atoms with Crippen LogP contribution >= 0.6 is 11.6 Å². The van der Waals surface area contributed by atoms with E-state index in [4.69, 9.17) is 27.9 Å². The first kappa shape index (κ1) is 19.9. The van der Waals surface area contributed by atoms with Crippen molar-refractivity contribution in [1.29, 1.82) is 0 Å². The van der Waals surface area contributed by atoms with Crippen LogP contribution in [0, 0.1) is 6.57 Å². The summed E-state index contributed by atoms with van der Waals surface area (Å²) in [6, 6.07) is 11.4. The van der Waals surface area contributed by atoms with E-state index in [1.54, 1.807) is 7.11 Å². The molecule has 1 aromatic heterocycles. The van der Waals surface area contributed by atoms with Gasteiger partial charge in [-0.3, -0.25) is 4.98 Å². The van der Waals surface area contributed by atoms with Crippen LogP contribution in [0.2, 0.25) is 5.02 Å². The Hall–Kier alpha value is -2.81. The van der Waals surface area contributed by atoms with E-state index in [-0.39, 0.29) is 7.43 Å². The number of ether oxygens (including phenoxy) is 1. The maximum absolute atomic E-state index is 7.32. The molecule has 0 aliphatic carbocycles. The van der Waals surface area contributed by atoms with Gasteiger partial charge in [0.05, 0.1) is 24.2 Å². The van der Waals surface area contributed by atoms with Crippen molar-refractivity contribution in [3.05, 3.63) is 69.7 Å². The SMILES string of the molecule is C.[C-]#[N+]c1ccc2nc3c(c(NCc4ccc(OC)c(Cl)c4)c2c1)CNCC3. The zero-order chi connectivity index (χ0) is 18.8. The summed E-state index contributed by atoms with van der Waals surface area (Å²) in [6.07, 6.45) is 0.902. The lowest BCUT2D eigenvalue weighted by atomic mass is 10.0. The number of halogens is 1. The van der Waals surface area contributed by atoms with Crippen LogP contribution in [-0.2, 0) is 19.5 Å². The first-order valence-corrected chi connectivity index (χ1v) is 9.17. The third kappa shape index (κ3) is 3.75. The molecule has 0 saturated heterocycles. The van der Waals surface area contributed by atoms with E-state index in [0.717, 1.165) is 47.4 Å². The van der Waals surface area contributed by atoms with E-state index in [0.29, 0.717) is 23.0 Å². The smallest absolute Gasteiger partial charge is 0.188 e. The predicted octanol–water partition coefficient (Wildman–Crippen LogP) is 5.34. The number of nitrogens with zero attached hydrogens (tertiary/aromatic N) is 2. The number of aromatic nitrogens is 1. The second-order valence-corrected chi connectivity index (χ2v) is 6.88. The van der Waals surface area contributed by atoms with Gasteiger partial charge in [0.2, 0.25) is 0 Å². The number of pyridine rings is 1. The highest BCUT2D eigenvalue weighted by atomic mass is 35.5. The molecular weight excluding hydrogens is 372 g/mol. The van der Waals surface area contributed by atoms with E-state index in [2.05, 4.69) is 15.5 Å². The zero-order valence-corrected chi connectivity index (χ0v) is 15.7. The molecular formula is C22H23ClN4O. The average molecular weight is 395 g/mol. The summed E-state index contributed by atoms with van der Waals surface area (Å²) in [5, 5.41) is 8.55. The third-order valence-corrected chi connectivity index (χ3v) is 5.11. The van der Waals surface area contributed by atoms with Gasteiger partial charge in [-0.05, 0) is 29.8 Å². The molecule has 3 aromatic rings. The summed E-state index contributed by atoms with van der Waals surface area (Å²) in [7, 11) is 1.61. The second kappa shape index (κ2) is 8.47. The molecule has 0 fully saturated rings. The molecule has 0 unspecified atom stereocenters. The van der Waals surface area contributed by atoms with Gasteiger partial charge in [-0.2, -0.15) is 0 Å². The fourth-order valence-electron chi connectivity index (χ4n) is 3.44. The minimum atomic E-state index is 0. The average Bonchev–Trinajstić information content (AvgIpc) is 2.70. The van der Waals surface area contributed by atoms with Crippen LogP contribution in [0.15, 0.2) is 36.4 Å². The standard InChI is InChI=1S/C21H19ClN4O.CH4/c1-23-14-4-5-18-15(10-14)21(16-12-24-8-7-19(16)26-18)25-11-13-3-6-20(27-2)17(22)9-13;/h3-6,9-10,24H,7-8,11-12H2,2H3,(H,25,26);1H4. The molecule has 5 nitrogen and oxygen atoms in total. The first-order valence-electron chi connectivity index (χ1n) is 8.79. The van der Waals surface area contributed by atoms with Gasteiger partial charge in [0.1, 0.15) is 5.75 Å². The monoisotopic (exact) mass is 394 g/mol. The molecule has 6 heteroatoms. The highest BCUT2D eigenvalue weighted by Crippen LogP contribution is 2.33. The number of nitrogens with one attached hydrogen (secondary N) is 2. The largest absolute Gasteiger partial charge is 0.495 e. The maximum atomic E-state index is 7.32. The van der Waals surface area contributed by atoms with Crippen molar-refractivity contribution in [3.63, 3.8) is 0 Å². The molecule has 4 rings (SSSR count). The van der Waals surface area contributed by atoms with Crippen molar-refractivity contribution in [1.82, 2.24) is 10.3 Å². The van der Waals surface area contributed by atoms with Gasteiger partial charge in [-0.1, -0.05) is 31.2 Å². The Labute approximate surface area is 170 Å². The summed E-state index contributed by atoms with van der Waals surface area (Å²) in [5.74, 6) is 0.665. The highest BCUT2D eigenvalue weighted by molar-refractivity contribution is 6.32. The van der Waals surface area contributed by atoms with Crippen molar-refractivity contribution < 1.29 is 4.74 Å². The van der Waals surface area contributed by atoms with Crippen LogP contribution in [0.5, 0.6) is 5.75 Å². The Bertz CT molecular complexity index is 1060. The van der Waals surface area contributed by atoms with E-state index >= 15 is 0 Å². The van der Waals surface area contributed by atoms with Gasteiger partial charge in [0, 0.05) is 48.4 Å². The van der Waals surface area contributed by atoms with Crippen LogP contribution < -0.4 is 15.4 Å². The van der Waals surface area contributed by atoms with Gasteiger partial charge in [0.25, 0.3) is 0 Å². The fraction of sp³-hybridized carbons (Fsp3) is 0.273. The normalized spacial score (nSPS) is 12.6. The summed E-state index contributed by atoms with van der Waals surface area (Å²) < 4.78 is 5.22. The number of hydrogen-bond donors (Lipinski definition) is 2. The number of hydrogen-bond acceptors (Lipinski definition) is 4. The molecule has 2 aromatic carbocycles. The molecule has 28 heavy (non-hydrogen) atoms. The molecule has 1 aliphatic rings. The number of benzene rings is 2. The Morgan fingerprint density at radius 1 is 1.29 bits per heavy atom. The van der Waals surface area contributed by atoms with Gasteiger partial charge < -0.3 is 15.4 Å². The Morgan fingerprint density at radius 3 is 2.89 bits per heavy atom. The second-order valence-electron chi connectivity index (χ2n) is 6.47. The topological polar surface area (TPSA) is 50.5 Å². The zero-order valence-electron chi connectivity index (χ0n) is 15.0. The number of anilines is 1. The molecule has 2 N–H and O–H groups in total. The molecule has 0 saturated carbocycles. The van der Waals surface area contributed by atoms with Crippen LogP contribution in [0.4, 0.5) is 11.4 Å². The van der Waals surface area contributed by atoms with Crippen LogP contribution in [0.25, 0.3) is 15.7 Å². The van der Waals surface area contributed by atoms with Gasteiger partial charge >= 0.3 is 0 Å². The van der Waals surface area contributed by atoms with E-state index < -0.39 is 0 Å². The number of rotatable bonds is 4. The minimum absolute atomic E-state index is 0. The molecule has 2 heterocycles. The molecule has 0 bridgehead atoms. The Morgan fingerprint density at radius 2 is 2.14 bits per heavy atom. The fourth-order valence-corrected chi connectivity index (χ4v) is 3.72. The molecule has 0 atom stereocenters. The van der Waals surface area contributed by atoms with E-state index in [9.17, 15) is 0 Å². The Kier molecular flexibility index (Phi) is 6.03. The molecule has 0 amide bonds. The summed E-state index contributed by atoms with van der Waals surface area (Å²) in [6.45, 7) is 9.64. The molecule has 144 valence electrons. The molecule has 1 aliphatic heterocycles. The number of fused-ring (bicyclic) bond motifs is 2. The van der Waals surface area contributed by atoms with Crippen LogP contribution in [-0.4, -0.2) is 18.6 Å². The third-order valence-electron chi connectivity index (χ3n) is 4.81. The maximum Gasteiger partial charge on any atom is 0.188 e. The Balaban J connectivity index is 0.00000225. The van der Waals surface area contributed by atoms with E-state index in [1.807, 2.05) is 36.4 Å². The highest BCUT2D eigenvalue weighted by Gasteiger charge is 2.18. The lowest BCUT2D eigenvalue weighted by Gasteiger charge is -2.22. The quantitative estimate of drug-likeness (QED) is 0.586. The van der Waals surface area contributed by atoms with Crippen molar-refractivity contribution in [2.24, 2.45) is 0 Å². The minimum Gasteiger partial charge on any atom is -0.495 e. The van der Waals surface area contributed by atoms with Crippen LogP contribution in [0.1, 0.15) is 24.2 Å². The predicted molar refractivity (Wildman–Crippen MR) is 115 cm³/mol. The summed E-state index contributed by atoms with van der Waals surface area (Å²) in [4.78, 5) is 8.39. The van der Waals surface area contributed by atoms with Crippen LogP contribution in [0.3, 0.4) is 0 Å². The first-order chi connectivity index (χ1) is 13.2.